The van der Waals surface area contributed by atoms with Crippen molar-refractivity contribution in [2.45, 2.75) is 32.3 Å². The fourth-order valence-electron chi connectivity index (χ4n) is 1.89. The molecule has 0 radical (unpaired) electrons. The molecule has 98 valence electrons. The first-order chi connectivity index (χ1) is 7.89. The zero-order valence-corrected chi connectivity index (χ0v) is 11.0. The monoisotopic (exact) mass is 243 g/mol. The molecule has 0 spiro atoms. The minimum absolute atomic E-state index is 0.0308. The molecule has 0 aromatic carbocycles. The summed E-state index contributed by atoms with van der Waals surface area (Å²) in [4.78, 5) is 25.0. The molecule has 0 aliphatic carbocycles. The van der Waals surface area contributed by atoms with Gasteiger partial charge in [0.25, 0.3) is 0 Å². The van der Waals surface area contributed by atoms with Gasteiger partial charge in [-0.3, -0.25) is 9.59 Å². The summed E-state index contributed by atoms with van der Waals surface area (Å²) < 4.78 is 9.91. The molecular weight excluding hydrogens is 222 g/mol. The molecule has 0 bridgehead atoms. The van der Waals surface area contributed by atoms with E-state index < -0.39 is 5.60 Å². The second kappa shape index (κ2) is 5.49. The van der Waals surface area contributed by atoms with Gasteiger partial charge in [0.15, 0.2) is 0 Å². The van der Waals surface area contributed by atoms with Gasteiger partial charge in [-0.15, -0.1) is 0 Å². The van der Waals surface area contributed by atoms with E-state index in [1.54, 1.807) is 12.0 Å². The minimum Gasteiger partial charge on any atom is -0.469 e. The largest absolute Gasteiger partial charge is 0.469 e. The molecule has 1 unspecified atom stereocenters. The number of carbonyl (C=O) groups is 2. The maximum atomic E-state index is 12.0. The summed E-state index contributed by atoms with van der Waals surface area (Å²) in [7, 11) is 2.97. The van der Waals surface area contributed by atoms with Crippen molar-refractivity contribution in [3.8, 4) is 0 Å². The van der Waals surface area contributed by atoms with Crippen LogP contribution in [0.15, 0.2) is 0 Å². The van der Waals surface area contributed by atoms with Crippen molar-refractivity contribution in [3.05, 3.63) is 0 Å². The number of esters is 1. The quantitative estimate of drug-likeness (QED) is 0.686. The van der Waals surface area contributed by atoms with Gasteiger partial charge < -0.3 is 14.4 Å². The van der Waals surface area contributed by atoms with Crippen LogP contribution in [-0.2, 0) is 19.1 Å². The second-order valence-electron chi connectivity index (χ2n) is 4.99. The van der Waals surface area contributed by atoms with Crippen molar-refractivity contribution >= 4 is 11.9 Å². The highest BCUT2D eigenvalue weighted by Crippen LogP contribution is 2.21. The van der Waals surface area contributed by atoms with Crippen LogP contribution in [-0.4, -0.2) is 49.7 Å². The van der Waals surface area contributed by atoms with Gasteiger partial charge in [-0.05, 0) is 20.3 Å². The molecule has 5 heteroatoms. The molecule has 1 fully saturated rings. The summed E-state index contributed by atoms with van der Waals surface area (Å²) in [6, 6.07) is 0. The molecule has 0 aromatic heterocycles. The van der Waals surface area contributed by atoms with Gasteiger partial charge in [-0.25, -0.2) is 0 Å². The van der Waals surface area contributed by atoms with Crippen LogP contribution in [0.2, 0.25) is 0 Å². The number of amides is 1. The summed E-state index contributed by atoms with van der Waals surface area (Å²) in [5.74, 6) is -0.371. The Balaban J connectivity index is 2.48. The number of methoxy groups -OCH3 is 2. The molecule has 1 rings (SSSR count). The fourth-order valence-corrected chi connectivity index (χ4v) is 1.89. The molecule has 0 N–H and O–H groups in total. The first kappa shape index (κ1) is 14.0. The maximum absolute atomic E-state index is 12.0. The van der Waals surface area contributed by atoms with Crippen LogP contribution in [0.4, 0.5) is 0 Å². The van der Waals surface area contributed by atoms with Crippen LogP contribution in [0.5, 0.6) is 0 Å². The Hall–Kier alpha value is -1.10. The summed E-state index contributed by atoms with van der Waals surface area (Å²) in [6.45, 7) is 4.83. The number of hydrogen-bond donors (Lipinski definition) is 0. The number of carbonyl (C=O) groups excluding carboxylic acids is 2. The van der Waals surface area contributed by atoms with Crippen LogP contribution in [0.1, 0.15) is 26.7 Å². The van der Waals surface area contributed by atoms with Gasteiger partial charge in [0.05, 0.1) is 25.0 Å². The Morgan fingerprint density at radius 2 is 2.00 bits per heavy atom. The highest BCUT2D eigenvalue weighted by atomic mass is 16.5. The van der Waals surface area contributed by atoms with E-state index in [0.29, 0.717) is 25.9 Å². The Labute approximate surface area is 102 Å². The Kier molecular flexibility index (Phi) is 4.51. The Bertz CT molecular complexity index is 301. The van der Waals surface area contributed by atoms with Gasteiger partial charge in [0, 0.05) is 20.2 Å². The number of likely N-dealkylation sites (tertiary alicyclic amines) is 1. The lowest BCUT2D eigenvalue weighted by Crippen LogP contribution is -2.36. The Morgan fingerprint density at radius 3 is 2.53 bits per heavy atom. The summed E-state index contributed by atoms with van der Waals surface area (Å²) in [5.41, 5.74) is -0.458. The fraction of sp³-hybridized carbons (Fsp3) is 0.833. The molecule has 1 heterocycles. The summed E-state index contributed by atoms with van der Waals surface area (Å²) in [5, 5.41) is 0. The standard InChI is InChI=1S/C12H21NO4/c1-12(2,17-4)7-10(14)13-6-5-9(8-13)11(15)16-3/h9H,5-8H2,1-4H3. The van der Waals surface area contributed by atoms with Crippen LogP contribution >= 0.6 is 0 Å². The third-order valence-corrected chi connectivity index (χ3v) is 3.21. The number of nitrogens with zero attached hydrogens (tertiary/aromatic N) is 1. The first-order valence-electron chi connectivity index (χ1n) is 5.80. The van der Waals surface area contributed by atoms with Crippen molar-refractivity contribution in [2.75, 3.05) is 27.3 Å². The lowest BCUT2D eigenvalue weighted by Gasteiger charge is -2.25. The van der Waals surface area contributed by atoms with Crippen molar-refractivity contribution in [1.29, 1.82) is 0 Å². The lowest BCUT2D eigenvalue weighted by atomic mass is 10.0. The normalized spacial score (nSPS) is 20.5. The molecule has 0 saturated carbocycles. The van der Waals surface area contributed by atoms with Gasteiger partial charge >= 0.3 is 5.97 Å². The van der Waals surface area contributed by atoms with E-state index in [4.69, 9.17) is 4.74 Å². The average Bonchev–Trinajstić information content (AvgIpc) is 2.77. The van der Waals surface area contributed by atoms with Gasteiger partial charge in [0.1, 0.15) is 0 Å². The summed E-state index contributed by atoms with van der Waals surface area (Å²) in [6.07, 6.45) is 1.02. The highest BCUT2D eigenvalue weighted by Gasteiger charge is 2.33. The highest BCUT2D eigenvalue weighted by molar-refractivity contribution is 5.80. The van der Waals surface area contributed by atoms with E-state index in [-0.39, 0.29) is 17.8 Å². The molecule has 1 aliphatic heterocycles. The number of hydrogen-bond acceptors (Lipinski definition) is 4. The number of ether oxygens (including phenoxy) is 2. The van der Waals surface area contributed by atoms with E-state index >= 15 is 0 Å². The summed E-state index contributed by atoms with van der Waals surface area (Å²) >= 11 is 0. The van der Waals surface area contributed by atoms with E-state index in [1.165, 1.54) is 7.11 Å². The molecular formula is C12H21NO4. The third kappa shape index (κ3) is 3.70. The molecule has 1 saturated heterocycles. The molecule has 0 aromatic rings. The van der Waals surface area contributed by atoms with Gasteiger partial charge in [-0.2, -0.15) is 0 Å². The molecule has 17 heavy (non-hydrogen) atoms. The smallest absolute Gasteiger partial charge is 0.310 e. The van der Waals surface area contributed by atoms with Crippen LogP contribution in [0.25, 0.3) is 0 Å². The van der Waals surface area contributed by atoms with Crippen LogP contribution in [0, 0.1) is 5.92 Å². The van der Waals surface area contributed by atoms with Crippen molar-refractivity contribution in [1.82, 2.24) is 4.90 Å². The predicted octanol–water partition coefficient (Wildman–Crippen LogP) is 0.823. The van der Waals surface area contributed by atoms with Crippen LogP contribution < -0.4 is 0 Å². The maximum Gasteiger partial charge on any atom is 0.310 e. The van der Waals surface area contributed by atoms with Gasteiger partial charge in [-0.1, -0.05) is 0 Å². The van der Waals surface area contributed by atoms with Crippen molar-refractivity contribution in [3.63, 3.8) is 0 Å². The van der Waals surface area contributed by atoms with E-state index in [0.717, 1.165) is 0 Å². The minimum atomic E-state index is -0.458. The topological polar surface area (TPSA) is 55.8 Å². The van der Waals surface area contributed by atoms with Gasteiger partial charge in [0.2, 0.25) is 5.91 Å². The first-order valence-corrected chi connectivity index (χ1v) is 5.80. The average molecular weight is 243 g/mol. The SMILES string of the molecule is COC(=O)C1CCN(C(=O)CC(C)(C)OC)C1. The third-order valence-electron chi connectivity index (χ3n) is 3.21. The zero-order valence-electron chi connectivity index (χ0n) is 11.0. The molecule has 5 nitrogen and oxygen atoms in total. The van der Waals surface area contributed by atoms with Crippen molar-refractivity contribution in [2.24, 2.45) is 5.92 Å². The molecule has 1 amide bonds. The lowest BCUT2D eigenvalue weighted by molar-refractivity contribution is -0.145. The second-order valence-corrected chi connectivity index (χ2v) is 4.99. The van der Waals surface area contributed by atoms with Crippen LogP contribution in [0.3, 0.4) is 0 Å². The molecule has 1 atom stereocenters. The van der Waals surface area contributed by atoms with E-state index in [9.17, 15) is 9.59 Å². The van der Waals surface area contributed by atoms with E-state index in [2.05, 4.69) is 4.74 Å². The molecule has 1 aliphatic rings. The Morgan fingerprint density at radius 1 is 1.35 bits per heavy atom. The predicted molar refractivity (Wildman–Crippen MR) is 62.4 cm³/mol. The van der Waals surface area contributed by atoms with Crippen molar-refractivity contribution < 1.29 is 19.1 Å². The number of rotatable bonds is 4. The van der Waals surface area contributed by atoms with E-state index in [1.807, 2.05) is 13.8 Å². The zero-order chi connectivity index (χ0) is 13.1.